The number of para-hydroxylation sites is 1. The molecule has 0 bridgehead atoms. The van der Waals surface area contributed by atoms with Gasteiger partial charge in [0.25, 0.3) is 0 Å². The van der Waals surface area contributed by atoms with Crippen LogP contribution in [0.2, 0.25) is 0 Å². The van der Waals surface area contributed by atoms with E-state index in [-0.39, 0.29) is 5.41 Å². The van der Waals surface area contributed by atoms with Gasteiger partial charge in [0.2, 0.25) is 0 Å². The number of hydrogen-bond acceptors (Lipinski definition) is 1. The molecule has 8 aromatic carbocycles. The molecular formula is C51H36O. The SMILES string of the molecule is Cc1cccc2c1-c1cccc3cccc(c13)C21c2ccccc2-c2ccc(-c3cccc(-c4ccc5c(c4)C(C)(C)c4ccccc4O5)c3)cc21. The molecule has 1 nitrogen and oxygen atoms in total. The predicted molar refractivity (Wildman–Crippen MR) is 214 cm³/mol. The van der Waals surface area contributed by atoms with E-state index in [4.69, 9.17) is 4.74 Å². The van der Waals surface area contributed by atoms with E-state index < -0.39 is 5.41 Å². The second-order valence-corrected chi connectivity index (χ2v) is 15.3. The Morgan fingerprint density at radius 1 is 0.404 bits per heavy atom. The molecule has 0 saturated heterocycles. The minimum Gasteiger partial charge on any atom is -0.457 e. The van der Waals surface area contributed by atoms with Crippen molar-refractivity contribution in [3.8, 4) is 56.0 Å². The van der Waals surface area contributed by atoms with Crippen LogP contribution >= 0.6 is 0 Å². The highest BCUT2D eigenvalue weighted by molar-refractivity contribution is 6.07. The van der Waals surface area contributed by atoms with Gasteiger partial charge in [0.05, 0.1) is 5.41 Å². The van der Waals surface area contributed by atoms with E-state index in [0.717, 1.165) is 11.5 Å². The Balaban J connectivity index is 1.11. The van der Waals surface area contributed by atoms with Gasteiger partial charge in [0.15, 0.2) is 0 Å². The predicted octanol–water partition coefficient (Wildman–Crippen LogP) is 13.3. The summed E-state index contributed by atoms with van der Waals surface area (Å²) in [5, 5.41) is 2.66. The van der Waals surface area contributed by atoms with Crippen LogP contribution < -0.4 is 4.74 Å². The van der Waals surface area contributed by atoms with Gasteiger partial charge in [0, 0.05) is 16.5 Å². The summed E-state index contributed by atoms with van der Waals surface area (Å²) in [5.74, 6) is 1.88. The van der Waals surface area contributed by atoms with Gasteiger partial charge in [-0.1, -0.05) is 147 Å². The Hall–Kier alpha value is -6.18. The van der Waals surface area contributed by atoms with Crippen LogP contribution in [-0.2, 0) is 10.8 Å². The molecule has 52 heavy (non-hydrogen) atoms. The average molecular weight is 665 g/mol. The summed E-state index contributed by atoms with van der Waals surface area (Å²) in [5.41, 5.74) is 18.8. The zero-order valence-corrected chi connectivity index (χ0v) is 29.5. The molecular weight excluding hydrogens is 629 g/mol. The van der Waals surface area contributed by atoms with Crippen LogP contribution in [0.3, 0.4) is 0 Å². The number of hydrogen-bond donors (Lipinski definition) is 0. The van der Waals surface area contributed by atoms with E-state index in [9.17, 15) is 0 Å². The largest absolute Gasteiger partial charge is 0.457 e. The van der Waals surface area contributed by atoms with Gasteiger partial charge in [-0.2, -0.15) is 0 Å². The normalized spacial score (nSPS) is 16.8. The van der Waals surface area contributed by atoms with Crippen LogP contribution in [0.5, 0.6) is 11.5 Å². The lowest BCUT2D eigenvalue weighted by Crippen LogP contribution is -2.32. The summed E-state index contributed by atoms with van der Waals surface area (Å²) < 4.78 is 6.40. The lowest BCUT2D eigenvalue weighted by molar-refractivity contribution is 0.418. The van der Waals surface area contributed by atoms with E-state index >= 15 is 0 Å². The van der Waals surface area contributed by atoms with Gasteiger partial charge in [-0.25, -0.2) is 0 Å². The average Bonchev–Trinajstić information content (AvgIpc) is 3.47. The van der Waals surface area contributed by atoms with Crippen LogP contribution in [-0.4, -0.2) is 0 Å². The smallest absolute Gasteiger partial charge is 0.131 e. The third-order valence-corrected chi connectivity index (χ3v) is 12.3. The van der Waals surface area contributed by atoms with Gasteiger partial charge < -0.3 is 4.74 Å². The van der Waals surface area contributed by atoms with E-state index in [1.54, 1.807) is 0 Å². The first-order valence-electron chi connectivity index (χ1n) is 18.3. The topological polar surface area (TPSA) is 9.23 Å². The van der Waals surface area contributed by atoms with Crippen molar-refractivity contribution in [3.63, 3.8) is 0 Å². The van der Waals surface area contributed by atoms with Gasteiger partial charge in [-0.05, 0) is 120 Å². The molecule has 0 fully saturated rings. The van der Waals surface area contributed by atoms with E-state index in [2.05, 4.69) is 178 Å². The molecule has 246 valence electrons. The molecule has 3 aliphatic rings. The van der Waals surface area contributed by atoms with Crippen LogP contribution in [0.4, 0.5) is 0 Å². The highest BCUT2D eigenvalue weighted by Gasteiger charge is 2.50. The molecule has 8 aromatic rings. The summed E-state index contributed by atoms with van der Waals surface area (Å²) >= 11 is 0. The minimum atomic E-state index is -0.435. The number of ether oxygens (including phenoxy) is 1. The van der Waals surface area contributed by atoms with Crippen LogP contribution in [0.15, 0.2) is 164 Å². The van der Waals surface area contributed by atoms with Crippen molar-refractivity contribution in [1.82, 2.24) is 0 Å². The number of rotatable bonds is 2. The molecule has 2 aliphatic carbocycles. The summed E-state index contributed by atoms with van der Waals surface area (Å²) in [7, 11) is 0. The highest BCUT2D eigenvalue weighted by atomic mass is 16.5. The lowest BCUT2D eigenvalue weighted by atomic mass is 9.61. The maximum Gasteiger partial charge on any atom is 0.131 e. The van der Waals surface area contributed by atoms with Crippen molar-refractivity contribution in [1.29, 1.82) is 0 Å². The molecule has 0 aromatic heterocycles. The molecule has 1 spiro atoms. The maximum atomic E-state index is 6.40. The Bertz CT molecular complexity index is 2810. The van der Waals surface area contributed by atoms with Crippen molar-refractivity contribution in [2.75, 3.05) is 0 Å². The third-order valence-electron chi connectivity index (χ3n) is 12.3. The minimum absolute atomic E-state index is 0.169. The van der Waals surface area contributed by atoms with Crippen molar-refractivity contribution < 1.29 is 4.74 Å². The molecule has 1 heteroatoms. The summed E-state index contributed by atoms with van der Waals surface area (Å²) in [4.78, 5) is 0. The zero-order chi connectivity index (χ0) is 34.8. The van der Waals surface area contributed by atoms with Gasteiger partial charge in [0.1, 0.15) is 11.5 Å². The molecule has 11 rings (SSSR count). The molecule has 1 aliphatic heterocycles. The third kappa shape index (κ3) is 3.78. The fourth-order valence-corrected chi connectivity index (χ4v) is 9.88. The first-order chi connectivity index (χ1) is 25.4. The van der Waals surface area contributed by atoms with Crippen molar-refractivity contribution in [3.05, 3.63) is 203 Å². The first kappa shape index (κ1) is 29.5. The lowest BCUT2D eigenvalue weighted by Gasteiger charge is -2.40. The van der Waals surface area contributed by atoms with Gasteiger partial charge in [-0.15, -0.1) is 0 Å². The van der Waals surface area contributed by atoms with E-state index in [1.165, 1.54) is 94.2 Å². The fraction of sp³-hybridized carbons (Fsp3) is 0.0980. The Morgan fingerprint density at radius 2 is 0.981 bits per heavy atom. The van der Waals surface area contributed by atoms with Crippen molar-refractivity contribution in [2.45, 2.75) is 31.6 Å². The molecule has 1 unspecified atom stereocenters. The molecule has 1 heterocycles. The second kappa shape index (κ2) is 10.4. The maximum absolute atomic E-state index is 6.40. The van der Waals surface area contributed by atoms with E-state index in [0.29, 0.717) is 0 Å². The standard InChI is InChI=1S/C51H36O/c1-31-12-8-21-42-48(31)39-18-10-13-32-14-11-22-43(49(32)39)51(42)40-19-5-4-17-37(40)38-26-24-35(29-44(38)51)33-15-9-16-34(28-33)36-25-27-47-45(30-36)50(2,3)41-20-6-7-23-46(41)52-47/h4-30H,1-3H3. The van der Waals surface area contributed by atoms with Crippen molar-refractivity contribution >= 4 is 10.8 Å². The highest BCUT2D eigenvalue weighted by Crippen LogP contribution is 2.62. The Labute approximate surface area is 304 Å². The van der Waals surface area contributed by atoms with E-state index in [1.807, 2.05) is 6.07 Å². The fourth-order valence-electron chi connectivity index (χ4n) is 9.88. The number of fused-ring (bicyclic) bond motifs is 11. The van der Waals surface area contributed by atoms with Crippen molar-refractivity contribution in [2.24, 2.45) is 0 Å². The Kier molecular flexibility index (Phi) is 5.93. The quantitative estimate of drug-likeness (QED) is 0.179. The van der Waals surface area contributed by atoms with Crippen LogP contribution in [0, 0.1) is 6.92 Å². The monoisotopic (exact) mass is 664 g/mol. The second-order valence-electron chi connectivity index (χ2n) is 15.3. The Morgan fingerprint density at radius 3 is 1.83 bits per heavy atom. The van der Waals surface area contributed by atoms with Gasteiger partial charge in [-0.3, -0.25) is 0 Å². The van der Waals surface area contributed by atoms with Crippen LogP contribution in [0.1, 0.15) is 52.8 Å². The zero-order valence-electron chi connectivity index (χ0n) is 29.5. The number of aryl methyl sites for hydroxylation is 1. The first-order valence-corrected chi connectivity index (χ1v) is 18.3. The van der Waals surface area contributed by atoms with Gasteiger partial charge >= 0.3 is 0 Å². The summed E-state index contributed by atoms with van der Waals surface area (Å²) in [6.07, 6.45) is 0. The molecule has 0 radical (unpaired) electrons. The van der Waals surface area contributed by atoms with Crippen LogP contribution in [0.25, 0.3) is 55.3 Å². The molecule has 0 amide bonds. The molecule has 0 saturated carbocycles. The summed E-state index contributed by atoms with van der Waals surface area (Å²) in [6.45, 7) is 6.88. The summed E-state index contributed by atoms with van der Waals surface area (Å²) in [6, 6.07) is 61.1. The molecule has 0 N–H and O–H groups in total. The number of benzene rings is 8. The molecule has 1 atom stereocenters.